The van der Waals surface area contributed by atoms with Crippen LogP contribution >= 0.6 is 0 Å². The summed E-state index contributed by atoms with van der Waals surface area (Å²) in [5.41, 5.74) is 14.5. The van der Waals surface area contributed by atoms with E-state index < -0.39 is 0 Å². The molecule has 0 spiro atoms. The minimum Gasteiger partial charge on any atom is -0.457 e. The lowest BCUT2D eigenvalue weighted by Crippen LogP contribution is -2.27. The highest BCUT2D eigenvalue weighted by molar-refractivity contribution is 5.98. The molecule has 1 unspecified atom stereocenters. The number of ether oxygens (including phenoxy) is 1. The molecular weight excluding hydrogens is 390 g/mol. The second kappa shape index (κ2) is 8.33. The predicted molar refractivity (Wildman–Crippen MR) is 121 cm³/mol. The number of nitrogens with two attached hydrogens (primary N) is 2. The Morgan fingerprint density at radius 1 is 1.00 bits per heavy atom. The highest BCUT2D eigenvalue weighted by atomic mass is 16.5. The molecule has 1 aliphatic rings. The molecule has 4 aromatic rings. The molecule has 2 aromatic heterocycles. The molecule has 8 nitrogen and oxygen atoms in total. The zero-order valence-electron chi connectivity index (χ0n) is 17.2. The van der Waals surface area contributed by atoms with Crippen LogP contribution < -0.4 is 16.2 Å². The minimum absolute atomic E-state index is 0.234. The van der Waals surface area contributed by atoms with E-state index in [1.807, 2.05) is 59.3 Å². The van der Waals surface area contributed by atoms with E-state index in [-0.39, 0.29) is 6.04 Å². The molecule has 1 saturated heterocycles. The van der Waals surface area contributed by atoms with Crippen molar-refractivity contribution in [2.24, 2.45) is 5.73 Å². The van der Waals surface area contributed by atoms with Gasteiger partial charge in [0.25, 0.3) is 0 Å². The van der Waals surface area contributed by atoms with Gasteiger partial charge in [-0.25, -0.2) is 14.6 Å². The van der Waals surface area contributed by atoms with Crippen LogP contribution in [0.3, 0.4) is 0 Å². The van der Waals surface area contributed by atoms with Crippen molar-refractivity contribution in [3.8, 4) is 22.8 Å². The first-order valence-corrected chi connectivity index (χ1v) is 10.5. The second-order valence-electron chi connectivity index (χ2n) is 7.72. The molecule has 0 aliphatic carbocycles. The zero-order chi connectivity index (χ0) is 21.2. The quantitative estimate of drug-likeness (QED) is 0.498. The number of likely N-dealkylation sites (tertiary alicyclic amines) is 1. The van der Waals surface area contributed by atoms with Crippen molar-refractivity contribution in [3.63, 3.8) is 0 Å². The monoisotopic (exact) mass is 415 g/mol. The molecule has 3 heterocycles. The summed E-state index contributed by atoms with van der Waals surface area (Å²) in [5.74, 6) is 2.00. The van der Waals surface area contributed by atoms with Gasteiger partial charge in [-0.15, -0.1) is 0 Å². The van der Waals surface area contributed by atoms with E-state index in [2.05, 4.69) is 14.9 Å². The van der Waals surface area contributed by atoms with E-state index >= 15 is 0 Å². The predicted octanol–water partition coefficient (Wildman–Crippen LogP) is 3.07. The minimum atomic E-state index is 0.234. The average Bonchev–Trinajstić information content (AvgIpc) is 3.41. The average molecular weight is 416 g/mol. The Morgan fingerprint density at radius 2 is 1.77 bits per heavy atom. The van der Waals surface area contributed by atoms with Gasteiger partial charge < -0.3 is 16.2 Å². The molecule has 1 aliphatic heterocycles. The van der Waals surface area contributed by atoms with Crippen LogP contribution in [0.1, 0.15) is 12.5 Å². The van der Waals surface area contributed by atoms with Crippen LogP contribution in [0.25, 0.3) is 22.3 Å². The van der Waals surface area contributed by atoms with Crippen LogP contribution in [0.2, 0.25) is 0 Å². The van der Waals surface area contributed by atoms with Crippen molar-refractivity contribution in [2.45, 2.75) is 12.5 Å². The molecule has 0 bridgehead atoms. The lowest BCUT2D eigenvalue weighted by atomic mass is 10.1. The van der Waals surface area contributed by atoms with E-state index in [1.165, 1.54) is 6.33 Å². The fraction of sp³-hybridized carbons (Fsp3) is 0.261. The normalized spacial score (nSPS) is 16.7. The third-order valence-corrected chi connectivity index (χ3v) is 5.66. The molecule has 31 heavy (non-hydrogen) atoms. The number of fused-ring (bicyclic) bond motifs is 1. The highest BCUT2D eigenvalue weighted by Crippen LogP contribution is 2.34. The van der Waals surface area contributed by atoms with Crippen molar-refractivity contribution >= 4 is 16.9 Å². The van der Waals surface area contributed by atoms with Crippen LogP contribution in [0.5, 0.6) is 11.5 Å². The molecule has 4 N–H and O–H groups in total. The Bertz CT molecular complexity index is 1170. The standard InChI is InChI=1S/C23H25N7O/c24-11-13-29-12-10-17(14-29)30-23-20(22(25)26-15-27-23)21(28-30)16-6-8-19(9-7-16)31-18-4-2-1-3-5-18/h1-9,15,17H,10-14,24H2,(H2,25,26,27). The molecule has 0 radical (unpaired) electrons. The van der Waals surface area contributed by atoms with Gasteiger partial charge in [0.15, 0.2) is 5.65 Å². The van der Waals surface area contributed by atoms with Crippen LogP contribution in [0, 0.1) is 0 Å². The lowest BCUT2D eigenvalue weighted by Gasteiger charge is -2.15. The molecule has 8 heteroatoms. The Hall–Kier alpha value is -3.49. The maximum absolute atomic E-state index is 6.26. The van der Waals surface area contributed by atoms with Gasteiger partial charge in [0.1, 0.15) is 29.3 Å². The van der Waals surface area contributed by atoms with Crippen molar-refractivity contribution in [2.75, 3.05) is 31.9 Å². The number of nitrogens with zero attached hydrogens (tertiary/aromatic N) is 5. The molecule has 2 aromatic carbocycles. The van der Waals surface area contributed by atoms with Crippen LogP contribution in [0.4, 0.5) is 5.82 Å². The molecule has 5 rings (SSSR count). The van der Waals surface area contributed by atoms with Crippen molar-refractivity contribution in [3.05, 3.63) is 60.9 Å². The third kappa shape index (κ3) is 3.83. The van der Waals surface area contributed by atoms with Crippen molar-refractivity contribution < 1.29 is 4.74 Å². The Morgan fingerprint density at radius 3 is 2.55 bits per heavy atom. The maximum atomic E-state index is 6.26. The number of para-hydroxylation sites is 1. The summed E-state index contributed by atoms with van der Waals surface area (Å²) in [6.07, 6.45) is 2.51. The smallest absolute Gasteiger partial charge is 0.164 e. The van der Waals surface area contributed by atoms with Crippen LogP contribution in [-0.2, 0) is 0 Å². The molecule has 0 amide bonds. The van der Waals surface area contributed by atoms with Gasteiger partial charge in [-0.05, 0) is 42.8 Å². The summed E-state index contributed by atoms with van der Waals surface area (Å²) in [6.45, 7) is 3.46. The van der Waals surface area contributed by atoms with Gasteiger partial charge in [0, 0.05) is 31.7 Å². The zero-order valence-corrected chi connectivity index (χ0v) is 17.2. The first kappa shape index (κ1) is 19.5. The van der Waals surface area contributed by atoms with Crippen molar-refractivity contribution in [1.29, 1.82) is 0 Å². The largest absolute Gasteiger partial charge is 0.457 e. The fourth-order valence-electron chi connectivity index (χ4n) is 4.16. The molecule has 1 fully saturated rings. The Kier molecular flexibility index (Phi) is 5.23. The second-order valence-corrected chi connectivity index (χ2v) is 7.72. The van der Waals surface area contributed by atoms with Gasteiger partial charge in [0.2, 0.25) is 0 Å². The van der Waals surface area contributed by atoms with Gasteiger partial charge in [-0.1, -0.05) is 18.2 Å². The van der Waals surface area contributed by atoms with Gasteiger partial charge >= 0.3 is 0 Å². The van der Waals surface area contributed by atoms with Gasteiger partial charge in [0.05, 0.1) is 11.4 Å². The number of hydrogen-bond acceptors (Lipinski definition) is 7. The number of aromatic nitrogens is 4. The molecule has 158 valence electrons. The summed E-state index contributed by atoms with van der Waals surface area (Å²) in [5, 5.41) is 5.73. The summed E-state index contributed by atoms with van der Waals surface area (Å²) in [6, 6.07) is 17.8. The van der Waals surface area contributed by atoms with Crippen LogP contribution in [0.15, 0.2) is 60.9 Å². The molecule has 1 atom stereocenters. The molecule has 0 saturated carbocycles. The van der Waals surface area contributed by atoms with E-state index in [0.717, 1.165) is 59.8 Å². The van der Waals surface area contributed by atoms with Gasteiger partial charge in [-0.2, -0.15) is 5.10 Å². The first-order chi connectivity index (χ1) is 15.2. The SMILES string of the molecule is NCCN1CCC(n2nc(-c3ccc(Oc4ccccc4)cc3)c3c(N)ncnc32)C1. The van der Waals surface area contributed by atoms with E-state index in [9.17, 15) is 0 Å². The van der Waals surface area contributed by atoms with Gasteiger partial charge in [-0.3, -0.25) is 4.90 Å². The third-order valence-electron chi connectivity index (χ3n) is 5.66. The summed E-state index contributed by atoms with van der Waals surface area (Å²) in [7, 11) is 0. The number of anilines is 1. The number of hydrogen-bond donors (Lipinski definition) is 2. The number of rotatable bonds is 6. The van der Waals surface area contributed by atoms with E-state index in [4.69, 9.17) is 21.3 Å². The van der Waals surface area contributed by atoms with Crippen molar-refractivity contribution in [1.82, 2.24) is 24.6 Å². The Labute approximate surface area is 180 Å². The lowest BCUT2D eigenvalue weighted by molar-refractivity contribution is 0.329. The van der Waals surface area contributed by atoms with E-state index in [0.29, 0.717) is 12.4 Å². The summed E-state index contributed by atoms with van der Waals surface area (Å²) < 4.78 is 7.92. The highest BCUT2D eigenvalue weighted by Gasteiger charge is 2.28. The Balaban J connectivity index is 1.48. The molecular formula is C23H25N7O. The first-order valence-electron chi connectivity index (χ1n) is 10.5. The topological polar surface area (TPSA) is 108 Å². The fourth-order valence-corrected chi connectivity index (χ4v) is 4.16. The number of nitrogen functional groups attached to an aromatic ring is 1. The van der Waals surface area contributed by atoms with Crippen LogP contribution in [-0.4, -0.2) is 50.8 Å². The summed E-state index contributed by atoms with van der Waals surface area (Å²) >= 11 is 0. The maximum Gasteiger partial charge on any atom is 0.164 e. The number of benzene rings is 2. The summed E-state index contributed by atoms with van der Waals surface area (Å²) in [4.78, 5) is 11.1. The van der Waals surface area contributed by atoms with E-state index in [1.54, 1.807) is 0 Å².